The quantitative estimate of drug-likeness (QED) is 0.609. The predicted molar refractivity (Wildman–Crippen MR) is 75.0 cm³/mol. The first-order chi connectivity index (χ1) is 9.20. The van der Waals surface area contributed by atoms with Crippen LogP contribution >= 0.6 is 0 Å². The van der Waals surface area contributed by atoms with Crippen molar-refractivity contribution in [3.05, 3.63) is 0 Å². The number of likely N-dealkylation sites (tertiary alicyclic amines) is 1. The van der Waals surface area contributed by atoms with Gasteiger partial charge < -0.3 is 15.2 Å². The summed E-state index contributed by atoms with van der Waals surface area (Å²) >= 11 is 0. The third-order valence-corrected chi connectivity index (χ3v) is 3.82. The lowest BCUT2D eigenvalue weighted by molar-refractivity contribution is -0.126. The highest BCUT2D eigenvalue weighted by Crippen LogP contribution is 2.23. The highest BCUT2D eigenvalue weighted by molar-refractivity contribution is 5.81. The molecule has 0 saturated carbocycles. The lowest BCUT2D eigenvalue weighted by atomic mass is 10.1. The van der Waals surface area contributed by atoms with E-state index in [1.165, 1.54) is 0 Å². The number of nitrogens with zero attached hydrogens (tertiary/aromatic N) is 1. The van der Waals surface area contributed by atoms with Gasteiger partial charge in [-0.25, -0.2) is 0 Å². The molecule has 2 N–H and O–H groups in total. The monoisotopic (exact) mass is 272 g/mol. The first-order valence-electron chi connectivity index (χ1n) is 7.34. The molecule has 0 bridgehead atoms. The van der Waals surface area contributed by atoms with E-state index in [-0.39, 0.29) is 18.6 Å². The van der Waals surface area contributed by atoms with Crippen LogP contribution in [0.5, 0.6) is 0 Å². The van der Waals surface area contributed by atoms with Crippen LogP contribution in [0.15, 0.2) is 0 Å². The molecule has 0 aromatic rings. The molecule has 1 fully saturated rings. The molecule has 19 heavy (non-hydrogen) atoms. The van der Waals surface area contributed by atoms with Crippen molar-refractivity contribution in [1.82, 2.24) is 10.2 Å². The fourth-order valence-corrected chi connectivity index (χ4v) is 2.73. The van der Waals surface area contributed by atoms with Gasteiger partial charge in [-0.1, -0.05) is 0 Å². The van der Waals surface area contributed by atoms with Crippen LogP contribution in [0.3, 0.4) is 0 Å². The Bertz CT molecular complexity index is 261. The Hall–Kier alpha value is -0.650. The Morgan fingerprint density at radius 2 is 2.32 bits per heavy atom. The summed E-state index contributed by atoms with van der Waals surface area (Å²) < 4.78 is 4.96. The molecule has 0 aromatic heterocycles. The van der Waals surface area contributed by atoms with Crippen LogP contribution in [-0.2, 0) is 9.53 Å². The summed E-state index contributed by atoms with van der Waals surface area (Å²) in [5, 5.41) is 11.9. The summed E-state index contributed by atoms with van der Waals surface area (Å²) in [6.45, 7) is 4.55. The van der Waals surface area contributed by atoms with Crippen molar-refractivity contribution in [2.24, 2.45) is 0 Å². The van der Waals surface area contributed by atoms with Crippen LogP contribution < -0.4 is 5.32 Å². The van der Waals surface area contributed by atoms with Crippen molar-refractivity contribution in [3.63, 3.8) is 0 Å². The number of amides is 1. The van der Waals surface area contributed by atoms with Gasteiger partial charge in [0.2, 0.25) is 5.91 Å². The number of rotatable bonds is 9. The average Bonchev–Trinajstić information content (AvgIpc) is 2.88. The Balaban J connectivity index is 2.33. The molecule has 1 heterocycles. The summed E-state index contributed by atoms with van der Waals surface area (Å²) in [7, 11) is 1.67. The number of carbonyl (C=O) groups excluding carboxylic acids is 1. The van der Waals surface area contributed by atoms with Crippen LogP contribution in [0.25, 0.3) is 0 Å². The molecule has 0 radical (unpaired) electrons. The molecular weight excluding hydrogens is 244 g/mol. The maximum absolute atomic E-state index is 12.1. The summed E-state index contributed by atoms with van der Waals surface area (Å²) in [5.74, 6) is 0.104. The van der Waals surface area contributed by atoms with E-state index in [1.807, 2.05) is 6.92 Å². The van der Waals surface area contributed by atoms with Gasteiger partial charge in [0.1, 0.15) is 0 Å². The van der Waals surface area contributed by atoms with Crippen LogP contribution in [0.1, 0.15) is 39.0 Å². The van der Waals surface area contributed by atoms with Crippen molar-refractivity contribution < 1.29 is 14.6 Å². The van der Waals surface area contributed by atoms with Crippen LogP contribution in [-0.4, -0.2) is 61.4 Å². The molecule has 5 nitrogen and oxygen atoms in total. The van der Waals surface area contributed by atoms with Gasteiger partial charge in [0.25, 0.3) is 0 Å². The van der Waals surface area contributed by atoms with Gasteiger partial charge >= 0.3 is 0 Å². The molecule has 0 aliphatic carbocycles. The number of ether oxygens (including phenoxy) is 1. The number of carbonyl (C=O) groups is 1. The third kappa shape index (κ3) is 5.47. The smallest absolute Gasteiger partial charge is 0.237 e. The van der Waals surface area contributed by atoms with Crippen molar-refractivity contribution in [2.75, 3.05) is 33.4 Å². The molecule has 1 aliphatic rings. The fraction of sp³-hybridized carbons (Fsp3) is 0.929. The predicted octanol–water partition coefficient (Wildman–Crippen LogP) is 0.765. The van der Waals surface area contributed by atoms with Gasteiger partial charge in [-0.3, -0.25) is 9.69 Å². The summed E-state index contributed by atoms with van der Waals surface area (Å²) in [4.78, 5) is 14.3. The summed E-state index contributed by atoms with van der Waals surface area (Å²) in [6, 6.07) is 0.376. The maximum atomic E-state index is 12.1. The molecular formula is C14H28N2O3. The van der Waals surface area contributed by atoms with Gasteiger partial charge in [0.15, 0.2) is 0 Å². The van der Waals surface area contributed by atoms with Gasteiger partial charge in [-0.2, -0.15) is 0 Å². The van der Waals surface area contributed by atoms with E-state index in [1.54, 1.807) is 7.11 Å². The molecule has 1 saturated heterocycles. The van der Waals surface area contributed by atoms with Gasteiger partial charge in [0.05, 0.1) is 6.04 Å². The Kier molecular flexibility index (Phi) is 8.02. The first-order valence-corrected chi connectivity index (χ1v) is 7.34. The minimum atomic E-state index is -0.0752. The van der Waals surface area contributed by atoms with E-state index in [9.17, 15) is 4.79 Å². The maximum Gasteiger partial charge on any atom is 0.237 e. The molecule has 1 aliphatic heterocycles. The topological polar surface area (TPSA) is 61.8 Å². The summed E-state index contributed by atoms with van der Waals surface area (Å²) in [6.07, 6.45) is 4.95. The number of hydrogen-bond acceptors (Lipinski definition) is 4. The van der Waals surface area contributed by atoms with E-state index in [2.05, 4.69) is 10.2 Å². The average molecular weight is 272 g/mol. The highest BCUT2D eigenvalue weighted by atomic mass is 16.5. The Morgan fingerprint density at radius 3 is 3.00 bits per heavy atom. The zero-order valence-corrected chi connectivity index (χ0v) is 12.2. The fourth-order valence-electron chi connectivity index (χ4n) is 2.73. The van der Waals surface area contributed by atoms with Gasteiger partial charge in [0, 0.05) is 32.9 Å². The lowest BCUT2D eigenvalue weighted by Crippen LogP contribution is -2.47. The van der Waals surface area contributed by atoms with E-state index >= 15 is 0 Å². The summed E-state index contributed by atoms with van der Waals surface area (Å²) in [5.41, 5.74) is 0. The largest absolute Gasteiger partial charge is 0.396 e. The van der Waals surface area contributed by atoms with Gasteiger partial charge in [-0.15, -0.1) is 0 Å². The van der Waals surface area contributed by atoms with Crippen LogP contribution in [0.4, 0.5) is 0 Å². The van der Waals surface area contributed by atoms with E-state index in [0.29, 0.717) is 19.2 Å². The minimum Gasteiger partial charge on any atom is -0.396 e. The third-order valence-electron chi connectivity index (χ3n) is 3.82. The lowest BCUT2D eigenvalue weighted by Gasteiger charge is -2.29. The van der Waals surface area contributed by atoms with Gasteiger partial charge in [-0.05, 0) is 45.6 Å². The Morgan fingerprint density at radius 1 is 1.53 bits per heavy atom. The SMILES string of the molecule is COCCCNC(=O)C(C)N1CCCC1CCCO. The second kappa shape index (κ2) is 9.28. The van der Waals surface area contributed by atoms with Crippen LogP contribution in [0, 0.1) is 0 Å². The molecule has 5 heteroatoms. The molecule has 112 valence electrons. The van der Waals surface area contributed by atoms with Crippen molar-refractivity contribution in [3.8, 4) is 0 Å². The zero-order chi connectivity index (χ0) is 14.1. The number of hydrogen-bond donors (Lipinski definition) is 2. The molecule has 2 unspecified atom stereocenters. The number of aliphatic hydroxyl groups is 1. The van der Waals surface area contributed by atoms with Crippen molar-refractivity contribution in [2.45, 2.75) is 51.1 Å². The standard InChI is InChI=1S/C14H28N2O3/c1-12(14(18)15-8-5-11-19-2)16-9-3-6-13(16)7-4-10-17/h12-13,17H,3-11H2,1-2H3,(H,15,18). The second-order valence-corrected chi connectivity index (χ2v) is 5.21. The molecule has 0 aromatic carbocycles. The number of nitrogens with one attached hydrogen (secondary N) is 1. The van der Waals surface area contributed by atoms with Crippen molar-refractivity contribution in [1.29, 1.82) is 0 Å². The normalized spacial score (nSPS) is 21.5. The van der Waals surface area contributed by atoms with E-state index in [0.717, 1.165) is 38.6 Å². The molecule has 2 atom stereocenters. The zero-order valence-electron chi connectivity index (χ0n) is 12.2. The Labute approximate surface area is 116 Å². The number of methoxy groups -OCH3 is 1. The van der Waals surface area contributed by atoms with E-state index < -0.39 is 0 Å². The second-order valence-electron chi connectivity index (χ2n) is 5.21. The first kappa shape index (κ1) is 16.4. The van der Waals surface area contributed by atoms with Crippen molar-refractivity contribution >= 4 is 5.91 Å². The minimum absolute atomic E-state index is 0.0752. The molecule has 1 rings (SSSR count). The number of aliphatic hydroxyl groups excluding tert-OH is 1. The molecule has 1 amide bonds. The highest BCUT2D eigenvalue weighted by Gasteiger charge is 2.31. The van der Waals surface area contributed by atoms with Crippen LogP contribution in [0.2, 0.25) is 0 Å². The van der Waals surface area contributed by atoms with E-state index in [4.69, 9.17) is 9.84 Å². The molecule has 0 spiro atoms.